The van der Waals surface area contributed by atoms with Crippen LogP contribution < -0.4 is 0 Å². The van der Waals surface area contributed by atoms with Crippen molar-refractivity contribution in [2.75, 3.05) is 0 Å². The predicted molar refractivity (Wildman–Crippen MR) is 134 cm³/mol. The van der Waals surface area contributed by atoms with Gasteiger partial charge in [-0.1, -0.05) is 98.7 Å². The van der Waals surface area contributed by atoms with Crippen molar-refractivity contribution < 1.29 is 15.0 Å². The fraction of sp³-hybridized carbons (Fsp3) is 0.444. The Morgan fingerprint density at radius 1 is 1.00 bits per heavy atom. The average Bonchev–Trinajstić information content (AvgIpc) is 2.76. The van der Waals surface area contributed by atoms with Crippen molar-refractivity contribution in [3.8, 4) is 0 Å². The number of carboxylic acid groups (broad SMARTS) is 1. The summed E-state index contributed by atoms with van der Waals surface area (Å²) in [6.07, 6.45) is 23.0. The molecule has 0 unspecified atom stereocenters. The number of unbranched alkanes of at least 4 members (excludes halogenated alkanes) is 3. The smallest absolute Gasteiger partial charge is 0.303 e. The summed E-state index contributed by atoms with van der Waals surface area (Å²) >= 11 is 1.68. The normalized spacial score (nSPS) is 14.3. The topological polar surface area (TPSA) is 57.5 Å². The van der Waals surface area contributed by atoms with Gasteiger partial charge in [0.1, 0.15) is 0 Å². The molecule has 0 radical (unpaired) electrons. The molecule has 0 aromatic heterocycles. The van der Waals surface area contributed by atoms with E-state index < -0.39 is 12.1 Å². The molecule has 1 aromatic rings. The van der Waals surface area contributed by atoms with E-state index in [0.29, 0.717) is 12.8 Å². The quantitative estimate of drug-likeness (QED) is 0.153. The van der Waals surface area contributed by atoms with Crippen molar-refractivity contribution >= 4 is 17.7 Å². The van der Waals surface area contributed by atoms with Crippen molar-refractivity contribution in [1.29, 1.82) is 0 Å². The highest BCUT2D eigenvalue weighted by Crippen LogP contribution is 2.24. The van der Waals surface area contributed by atoms with Crippen LogP contribution in [-0.2, 0) is 10.5 Å². The lowest BCUT2D eigenvalue weighted by atomic mass is 10.1. The van der Waals surface area contributed by atoms with Crippen LogP contribution in [0.2, 0.25) is 0 Å². The molecule has 170 valence electrons. The van der Waals surface area contributed by atoms with E-state index in [9.17, 15) is 9.90 Å². The molecule has 2 N–H and O–H groups in total. The summed E-state index contributed by atoms with van der Waals surface area (Å²) in [5.74, 6) is -0.0122. The van der Waals surface area contributed by atoms with Gasteiger partial charge in [-0.3, -0.25) is 4.79 Å². The van der Waals surface area contributed by atoms with Gasteiger partial charge in [0.15, 0.2) is 0 Å². The summed E-state index contributed by atoms with van der Waals surface area (Å²) in [4.78, 5) is 10.7. The van der Waals surface area contributed by atoms with Crippen molar-refractivity contribution in [2.24, 2.45) is 0 Å². The molecular formula is C27H38O3S. The van der Waals surface area contributed by atoms with Gasteiger partial charge in [-0.25, -0.2) is 0 Å². The Bertz CT molecular complexity index is 692. The van der Waals surface area contributed by atoms with Gasteiger partial charge in [0, 0.05) is 17.4 Å². The minimum atomic E-state index is -0.818. The van der Waals surface area contributed by atoms with Gasteiger partial charge in [0.25, 0.3) is 0 Å². The Labute approximate surface area is 192 Å². The summed E-state index contributed by atoms with van der Waals surface area (Å²) in [7, 11) is 0. The van der Waals surface area contributed by atoms with E-state index >= 15 is 0 Å². The molecule has 0 fully saturated rings. The van der Waals surface area contributed by atoms with Gasteiger partial charge in [-0.05, 0) is 37.7 Å². The first-order valence-electron chi connectivity index (χ1n) is 11.3. The fourth-order valence-corrected chi connectivity index (χ4v) is 4.09. The summed E-state index contributed by atoms with van der Waals surface area (Å²) in [5, 5.41) is 19.3. The molecule has 0 aliphatic heterocycles. The Kier molecular flexibility index (Phi) is 16.3. The van der Waals surface area contributed by atoms with Gasteiger partial charge in [-0.2, -0.15) is 0 Å². The maximum atomic E-state index is 10.7. The first-order valence-corrected chi connectivity index (χ1v) is 12.4. The van der Waals surface area contributed by atoms with Crippen LogP contribution in [0.5, 0.6) is 0 Å². The number of aliphatic carboxylic acids is 1. The Balaban J connectivity index is 2.48. The molecule has 2 atom stereocenters. The third-order valence-electron chi connectivity index (χ3n) is 4.74. The molecule has 4 heteroatoms. The van der Waals surface area contributed by atoms with Crippen LogP contribution >= 0.6 is 11.8 Å². The number of allylic oxidation sites excluding steroid dienone is 7. The highest BCUT2D eigenvalue weighted by atomic mass is 32.2. The monoisotopic (exact) mass is 442 g/mol. The van der Waals surface area contributed by atoms with E-state index in [1.54, 1.807) is 11.8 Å². The summed E-state index contributed by atoms with van der Waals surface area (Å²) in [6.45, 7) is 2.22. The molecule has 0 aliphatic carbocycles. The van der Waals surface area contributed by atoms with Crippen LogP contribution in [0.1, 0.15) is 63.9 Å². The zero-order valence-corrected chi connectivity index (χ0v) is 19.6. The zero-order valence-electron chi connectivity index (χ0n) is 18.7. The molecule has 3 nitrogen and oxygen atoms in total. The van der Waals surface area contributed by atoms with E-state index in [4.69, 9.17) is 5.11 Å². The van der Waals surface area contributed by atoms with Gasteiger partial charge < -0.3 is 10.2 Å². The second-order valence-corrected chi connectivity index (χ2v) is 8.68. The number of rotatable bonds is 17. The highest BCUT2D eigenvalue weighted by molar-refractivity contribution is 7.99. The molecular weight excluding hydrogens is 404 g/mol. The molecule has 0 amide bonds. The molecule has 0 spiro atoms. The van der Waals surface area contributed by atoms with Crippen LogP contribution in [0.4, 0.5) is 0 Å². The van der Waals surface area contributed by atoms with Crippen molar-refractivity contribution in [3.63, 3.8) is 0 Å². The lowest BCUT2D eigenvalue weighted by molar-refractivity contribution is -0.137. The third-order valence-corrected chi connectivity index (χ3v) is 6.09. The fourth-order valence-electron chi connectivity index (χ4n) is 2.95. The molecule has 31 heavy (non-hydrogen) atoms. The van der Waals surface area contributed by atoms with Gasteiger partial charge in [-0.15, -0.1) is 11.8 Å². The lowest BCUT2D eigenvalue weighted by Gasteiger charge is -2.19. The van der Waals surface area contributed by atoms with E-state index in [-0.39, 0.29) is 11.7 Å². The summed E-state index contributed by atoms with van der Waals surface area (Å²) < 4.78 is 0. The van der Waals surface area contributed by atoms with Crippen molar-refractivity contribution in [2.45, 2.75) is 75.4 Å². The molecule has 0 saturated heterocycles. The van der Waals surface area contributed by atoms with Gasteiger partial charge in [0.2, 0.25) is 0 Å². The number of aliphatic hydroxyl groups is 1. The standard InChI is InChI=1S/C27H38O3S/c1-2-3-4-5-6-7-8-9-10-11-12-16-21-26(25(28)20-17-22-27(29)30)31-23-24-18-14-13-15-19-24/h6-7,9-16,18-19,21,25-26,28H,2-5,8,17,20,22-23H2,1H3,(H,29,30)/b7-6-,10-9+,12-11?,21-16?/t25-,26+/m0/s1. The van der Waals surface area contributed by atoms with Crippen LogP contribution in [0.15, 0.2) is 78.9 Å². The predicted octanol–water partition coefficient (Wildman–Crippen LogP) is 7.10. The summed E-state index contributed by atoms with van der Waals surface area (Å²) in [5.41, 5.74) is 1.21. The lowest BCUT2D eigenvalue weighted by Crippen LogP contribution is -2.21. The van der Waals surface area contributed by atoms with Crippen LogP contribution in [-0.4, -0.2) is 27.5 Å². The molecule has 0 heterocycles. The Morgan fingerprint density at radius 3 is 2.52 bits per heavy atom. The largest absolute Gasteiger partial charge is 0.481 e. The maximum Gasteiger partial charge on any atom is 0.303 e. The first kappa shape index (κ1) is 27.0. The maximum absolute atomic E-state index is 10.7. The molecule has 0 aliphatic rings. The second-order valence-electron chi connectivity index (χ2n) is 7.52. The van der Waals surface area contributed by atoms with Crippen LogP contribution in [0.3, 0.4) is 0 Å². The minimum absolute atomic E-state index is 0.0753. The number of hydrogen-bond acceptors (Lipinski definition) is 3. The number of thioether (sulfide) groups is 1. The third kappa shape index (κ3) is 15.4. The average molecular weight is 443 g/mol. The van der Waals surface area contributed by atoms with Gasteiger partial charge in [0.05, 0.1) is 6.10 Å². The number of benzene rings is 1. The van der Waals surface area contributed by atoms with Crippen molar-refractivity contribution in [1.82, 2.24) is 0 Å². The molecule has 1 rings (SSSR count). The van der Waals surface area contributed by atoms with E-state index in [1.807, 2.05) is 48.6 Å². The van der Waals surface area contributed by atoms with Crippen LogP contribution in [0, 0.1) is 0 Å². The number of aliphatic hydroxyl groups excluding tert-OH is 1. The van der Waals surface area contributed by atoms with Crippen LogP contribution in [0.25, 0.3) is 0 Å². The Morgan fingerprint density at radius 2 is 1.77 bits per heavy atom. The van der Waals surface area contributed by atoms with E-state index in [0.717, 1.165) is 18.6 Å². The second kappa shape index (κ2) is 18.7. The Hall–Kier alpha value is -2.04. The van der Waals surface area contributed by atoms with E-state index in [1.165, 1.54) is 24.8 Å². The minimum Gasteiger partial charge on any atom is -0.481 e. The first-order chi connectivity index (χ1) is 15.1. The number of carboxylic acids is 1. The summed E-state index contributed by atoms with van der Waals surface area (Å²) in [6, 6.07) is 10.2. The molecule has 0 bridgehead atoms. The SMILES string of the molecule is CCCCC/C=C\C/C=C/C=CC=C[C@@H](SCc1ccccc1)[C@@H](O)CCCC(=O)O. The van der Waals surface area contributed by atoms with Crippen molar-refractivity contribution in [3.05, 3.63) is 84.5 Å². The number of hydrogen-bond donors (Lipinski definition) is 2. The highest BCUT2D eigenvalue weighted by Gasteiger charge is 2.17. The van der Waals surface area contributed by atoms with Gasteiger partial charge >= 0.3 is 5.97 Å². The number of carbonyl (C=O) groups is 1. The zero-order chi connectivity index (χ0) is 22.6. The molecule has 1 aromatic carbocycles. The molecule has 0 saturated carbocycles. The van der Waals surface area contributed by atoms with E-state index in [2.05, 4.69) is 37.3 Å².